The Bertz CT molecular complexity index is 1040. The summed E-state index contributed by atoms with van der Waals surface area (Å²) in [6.45, 7) is 0.0625. The highest BCUT2D eigenvalue weighted by molar-refractivity contribution is 5.94. The summed E-state index contributed by atoms with van der Waals surface area (Å²) >= 11 is 0. The highest BCUT2D eigenvalue weighted by atomic mass is 19.4. The average molecular weight is 419 g/mol. The standard InChI is InChI=1S/C21H17F4N3O2/c22-16-6-4-13(5-7-16)12-27-20(29)15-2-1-3-17(10-15)30-19-9-14(11-26)8-18(28-19)21(23,24)25/h1-10H,11-12,26H2,(H,27,29). The number of hydrogen-bond donors (Lipinski definition) is 2. The number of hydrogen-bond acceptors (Lipinski definition) is 4. The van der Waals surface area contributed by atoms with Crippen LogP contribution in [0.3, 0.4) is 0 Å². The Morgan fingerprint density at radius 1 is 1.03 bits per heavy atom. The number of halogens is 4. The number of nitrogens with two attached hydrogens (primary N) is 1. The third-order valence-electron chi connectivity index (χ3n) is 4.07. The molecule has 0 spiro atoms. The van der Waals surface area contributed by atoms with Crippen molar-refractivity contribution in [3.63, 3.8) is 0 Å². The van der Waals surface area contributed by atoms with Crippen LogP contribution in [-0.2, 0) is 19.3 Å². The predicted octanol–water partition coefficient (Wildman–Crippen LogP) is 4.42. The molecule has 1 aromatic heterocycles. The van der Waals surface area contributed by atoms with Crippen LogP contribution in [0.4, 0.5) is 17.6 Å². The summed E-state index contributed by atoms with van der Waals surface area (Å²) in [5, 5.41) is 2.68. The molecular weight excluding hydrogens is 402 g/mol. The summed E-state index contributed by atoms with van der Waals surface area (Å²) in [7, 11) is 0. The van der Waals surface area contributed by atoms with Gasteiger partial charge in [-0.05, 0) is 47.5 Å². The molecule has 0 saturated heterocycles. The molecule has 30 heavy (non-hydrogen) atoms. The van der Waals surface area contributed by atoms with Gasteiger partial charge in [0.1, 0.15) is 17.3 Å². The number of nitrogens with zero attached hydrogens (tertiary/aromatic N) is 1. The Kier molecular flexibility index (Phi) is 6.31. The third kappa shape index (κ3) is 5.54. The highest BCUT2D eigenvalue weighted by Gasteiger charge is 2.33. The molecule has 0 saturated carbocycles. The van der Waals surface area contributed by atoms with E-state index in [1.165, 1.54) is 42.5 Å². The maximum absolute atomic E-state index is 13.0. The van der Waals surface area contributed by atoms with Gasteiger partial charge in [0, 0.05) is 24.7 Å². The molecule has 0 bridgehead atoms. The minimum absolute atomic E-state index is 0.117. The van der Waals surface area contributed by atoms with Gasteiger partial charge in [0.2, 0.25) is 5.88 Å². The number of carbonyl (C=O) groups excluding carboxylic acids is 1. The van der Waals surface area contributed by atoms with E-state index in [1.807, 2.05) is 0 Å². The molecule has 9 heteroatoms. The fraction of sp³-hybridized carbons (Fsp3) is 0.143. The van der Waals surface area contributed by atoms with Crippen molar-refractivity contribution in [2.45, 2.75) is 19.3 Å². The van der Waals surface area contributed by atoms with E-state index in [9.17, 15) is 22.4 Å². The Morgan fingerprint density at radius 3 is 2.43 bits per heavy atom. The lowest BCUT2D eigenvalue weighted by molar-refractivity contribution is -0.141. The predicted molar refractivity (Wildman–Crippen MR) is 101 cm³/mol. The monoisotopic (exact) mass is 419 g/mol. The smallest absolute Gasteiger partial charge is 0.433 e. The van der Waals surface area contributed by atoms with Crippen LogP contribution in [0.1, 0.15) is 27.2 Å². The first-order valence-electron chi connectivity index (χ1n) is 8.83. The maximum atomic E-state index is 13.0. The number of alkyl halides is 3. The lowest BCUT2D eigenvalue weighted by Gasteiger charge is -2.12. The van der Waals surface area contributed by atoms with Crippen molar-refractivity contribution in [2.75, 3.05) is 0 Å². The molecule has 0 aliphatic heterocycles. The number of benzene rings is 2. The van der Waals surface area contributed by atoms with Crippen molar-refractivity contribution >= 4 is 5.91 Å². The lowest BCUT2D eigenvalue weighted by atomic mass is 10.2. The zero-order chi connectivity index (χ0) is 21.7. The Labute approximate surface area is 169 Å². The minimum atomic E-state index is -4.65. The average Bonchev–Trinajstić information content (AvgIpc) is 2.72. The largest absolute Gasteiger partial charge is 0.439 e. The first kappa shape index (κ1) is 21.3. The van der Waals surface area contributed by atoms with E-state index in [1.54, 1.807) is 12.1 Å². The Hall–Kier alpha value is -3.46. The van der Waals surface area contributed by atoms with Crippen LogP contribution >= 0.6 is 0 Å². The molecule has 3 aromatic rings. The van der Waals surface area contributed by atoms with Crippen LogP contribution in [0, 0.1) is 5.82 Å². The fourth-order valence-corrected chi connectivity index (χ4v) is 2.58. The van der Waals surface area contributed by atoms with Crippen LogP contribution < -0.4 is 15.8 Å². The normalized spacial score (nSPS) is 11.2. The summed E-state index contributed by atoms with van der Waals surface area (Å²) in [5.41, 5.74) is 5.49. The fourth-order valence-electron chi connectivity index (χ4n) is 2.58. The second-order valence-corrected chi connectivity index (χ2v) is 6.34. The first-order chi connectivity index (χ1) is 14.2. The summed E-state index contributed by atoms with van der Waals surface area (Å²) in [5.74, 6) is -0.950. The van der Waals surface area contributed by atoms with Crippen LogP contribution in [0.25, 0.3) is 0 Å². The maximum Gasteiger partial charge on any atom is 0.433 e. The van der Waals surface area contributed by atoms with Gasteiger partial charge < -0.3 is 15.8 Å². The minimum Gasteiger partial charge on any atom is -0.439 e. The van der Waals surface area contributed by atoms with Crippen molar-refractivity contribution < 1.29 is 27.1 Å². The number of rotatable bonds is 6. The van der Waals surface area contributed by atoms with Crippen LogP contribution in [0.2, 0.25) is 0 Å². The quantitative estimate of drug-likeness (QED) is 0.580. The Balaban J connectivity index is 1.73. The van der Waals surface area contributed by atoms with Crippen molar-refractivity contribution in [3.05, 3.63) is 88.9 Å². The molecule has 1 amide bonds. The van der Waals surface area contributed by atoms with Gasteiger partial charge in [0.15, 0.2) is 0 Å². The van der Waals surface area contributed by atoms with Crippen LogP contribution in [0.15, 0.2) is 60.7 Å². The van der Waals surface area contributed by atoms with Gasteiger partial charge in [-0.3, -0.25) is 4.79 Å². The molecule has 1 heterocycles. The van der Waals surface area contributed by atoms with Gasteiger partial charge in [-0.15, -0.1) is 0 Å². The molecular formula is C21H17F4N3O2. The second-order valence-electron chi connectivity index (χ2n) is 6.34. The van der Waals surface area contributed by atoms with Crippen LogP contribution in [-0.4, -0.2) is 10.9 Å². The van der Waals surface area contributed by atoms with E-state index in [-0.39, 0.29) is 41.7 Å². The number of amides is 1. The van der Waals surface area contributed by atoms with E-state index < -0.39 is 17.8 Å². The molecule has 3 N–H and O–H groups in total. The SMILES string of the molecule is NCc1cc(Oc2cccc(C(=O)NCc3ccc(F)cc3)c2)nc(C(F)(F)F)c1. The van der Waals surface area contributed by atoms with Crippen molar-refractivity contribution in [2.24, 2.45) is 5.73 Å². The zero-order valence-electron chi connectivity index (χ0n) is 15.5. The number of carbonyl (C=O) groups is 1. The molecule has 0 atom stereocenters. The van der Waals surface area contributed by atoms with E-state index in [4.69, 9.17) is 10.5 Å². The van der Waals surface area contributed by atoms with Crippen molar-refractivity contribution in [1.82, 2.24) is 10.3 Å². The number of aromatic nitrogens is 1. The van der Waals surface area contributed by atoms with Gasteiger partial charge in [0.25, 0.3) is 5.91 Å². The summed E-state index contributed by atoms with van der Waals surface area (Å²) in [4.78, 5) is 15.8. The van der Waals surface area contributed by atoms with E-state index in [2.05, 4.69) is 10.3 Å². The molecule has 0 unspecified atom stereocenters. The topological polar surface area (TPSA) is 77.2 Å². The third-order valence-corrected chi connectivity index (χ3v) is 4.07. The number of ether oxygens (including phenoxy) is 1. The van der Waals surface area contributed by atoms with E-state index in [0.717, 1.165) is 6.07 Å². The molecule has 3 rings (SSSR count). The molecule has 156 valence electrons. The Morgan fingerprint density at radius 2 is 1.77 bits per heavy atom. The van der Waals surface area contributed by atoms with Gasteiger partial charge in [0.05, 0.1) is 0 Å². The van der Waals surface area contributed by atoms with Crippen molar-refractivity contribution in [3.8, 4) is 11.6 Å². The van der Waals surface area contributed by atoms with Crippen molar-refractivity contribution in [1.29, 1.82) is 0 Å². The van der Waals surface area contributed by atoms with Gasteiger partial charge in [-0.1, -0.05) is 18.2 Å². The zero-order valence-corrected chi connectivity index (χ0v) is 15.5. The number of pyridine rings is 1. The van der Waals surface area contributed by atoms with E-state index in [0.29, 0.717) is 5.56 Å². The molecule has 0 radical (unpaired) electrons. The van der Waals surface area contributed by atoms with Gasteiger partial charge in [-0.2, -0.15) is 13.2 Å². The summed E-state index contributed by atoms with van der Waals surface area (Å²) in [6.07, 6.45) is -4.65. The summed E-state index contributed by atoms with van der Waals surface area (Å²) < 4.78 is 57.4. The summed E-state index contributed by atoms with van der Waals surface area (Å²) in [6, 6.07) is 13.7. The van der Waals surface area contributed by atoms with Gasteiger partial charge >= 0.3 is 6.18 Å². The molecule has 0 aliphatic rings. The molecule has 0 fully saturated rings. The van der Waals surface area contributed by atoms with Gasteiger partial charge in [-0.25, -0.2) is 9.37 Å². The molecule has 2 aromatic carbocycles. The molecule has 0 aliphatic carbocycles. The highest BCUT2D eigenvalue weighted by Crippen LogP contribution is 2.31. The number of nitrogens with one attached hydrogen (secondary N) is 1. The molecule has 5 nitrogen and oxygen atoms in total. The lowest BCUT2D eigenvalue weighted by Crippen LogP contribution is -2.22. The first-order valence-corrected chi connectivity index (χ1v) is 8.83. The second kappa shape index (κ2) is 8.91. The van der Waals surface area contributed by atoms with E-state index >= 15 is 0 Å². The van der Waals surface area contributed by atoms with Crippen LogP contribution in [0.5, 0.6) is 11.6 Å².